The Morgan fingerprint density at radius 1 is 1.12 bits per heavy atom. The standard InChI is InChI=1S/C16H14ClN5O2/c1-9-6-10(2)19-16(18-9)21-20-15(23)13-8-14(24-22-13)11-4-3-5-12(17)7-11/h3-8H,1-2H3,(H,20,23)(H,18,19,21). The van der Waals surface area contributed by atoms with Crippen LogP contribution in [0.5, 0.6) is 0 Å². The molecule has 7 nitrogen and oxygen atoms in total. The highest BCUT2D eigenvalue weighted by atomic mass is 35.5. The van der Waals surface area contributed by atoms with Crippen LogP contribution in [0.25, 0.3) is 11.3 Å². The van der Waals surface area contributed by atoms with Crippen molar-refractivity contribution in [3.63, 3.8) is 0 Å². The quantitative estimate of drug-likeness (QED) is 0.707. The third-order valence-electron chi connectivity index (χ3n) is 3.12. The van der Waals surface area contributed by atoms with E-state index in [1.807, 2.05) is 26.0 Å². The number of hydrazine groups is 1. The van der Waals surface area contributed by atoms with Crippen molar-refractivity contribution in [3.8, 4) is 11.3 Å². The number of aryl methyl sites for hydroxylation is 2. The molecule has 0 bridgehead atoms. The van der Waals surface area contributed by atoms with Crippen LogP contribution in [0.3, 0.4) is 0 Å². The number of aromatic nitrogens is 3. The van der Waals surface area contributed by atoms with Crippen LogP contribution in [0, 0.1) is 13.8 Å². The number of carbonyl (C=O) groups is 1. The minimum absolute atomic E-state index is 0.127. The van der Waals surface area contributed by atoms with Gasteiger partial charge in [-0.15, -0.1) is 0 Å². The van der Waals surface area contributed by atoms with Gasteiger partial charge < -0.3 is 4.52 Å². The first-order chi connectivity index (χ1) is 11.5. The summed E-state index contributed by atoms with van der Waals surface area (Å²) in [5.41, 5.74) is 7.59. The number of halogens is 1. The first kappa shape index (κ1) is 15.9. The summed E-state index contributed by atoms with van der Waals surface area (Å²) in [7, 11) is 0. The van der Waals surface area contributed by atoms with Gasteiger partial charge in [-0.2, -0.15) is 0 Å². The summed E-state index contributed by atoms with van der Waals surface area (Å²) >= 11 is 5.94. The van der Waals surface area contributed by atoms with E-state index in [0.29, 0.717) is 16.7 Å². The molecule has 0 aliphatic carbocycles. The van der Waals surface area contributed by atoms with Gasteiger partial charge in [0.25, 0.3) is 5.91 Å². The fourth-order valence-corrected chi connectivity index (χ4v) is 2.31. The van der Waals surface area contributed by atoms with Crippen LogP contribution >= 0.6 is 11.6 Å². The predicted octanol–water partition coefficient (Wildman–Crippen LogP) is 3.16. The van der Waals surface area contributed by atoms with Gasteiger partial charge in [0, 0.05) is 28.0 Å². The minimum Gasteiger partial charge on any atom is -0.355 e. The summed E-state index contributed by atoms with van der Waals surface area (Å²) < 4.78 is 5.19. The van der Waals surface area contributed by atoms with Crippen LogP contribution < -0.4 is 10.9 Å². The molecule has 8 heteroatoms. The lowest BCUT2D eigenvalue weighted by Gasteiger charge is -2.06. The maximum atomic E-state index is 12.1. The van der Waals surface area contributed by atoms with E-state index in [1.54, 1.807) is 18.2 Å². The minimum atomic E-state index is -0.463. The molecule has 3 aromatic rings. The highest BCUT2D eigenvalue weighted by molar-refractivity contribution is 6.30. The largest absolute Gasteiger partial charge is 0.355 e. The Hall–Kier alpha value is -2.93. The van der Waals surface area contributed by atoms with Gasteiger partial charge in [0.2, 0.25) is 5.95 Å². The number of hydrogen-bond acceptors (Lipinski definition) is 6. The average molecular weight is 344 g/mol. The summed E-state index contributed by atoms with van der Waals surface area (Å²) in [6.45, 7) is 3.69. The van der Waals surface area contributed by atoms with Crippen molar-refractivity contribution in [1.82, 2.24) is 20.6 Å². The number of hydrogen-bond donors (Lipinski definition) is 2. The zero-order chi connectivity index (χ0) is 17.1. The molecule has 2 N–H and O–H groups in total. The molecule has 0 saturated carbocycles. The molecule has 0 saturated heterocycles. The van der Waals surface area contributed by atoms with Gasteiger partial charge in [0.1, 0.15) is 0 Å². The van der Waals surface area contributed by atoms with Crippen LogP contribution in [0.15, 0.2) is 40.9 Å². The van der Waals surface area contributed by atoms with Crippen LogP contribution in [-0.2, 0) is 0 Å². The lowest BCUT2D eigenvalue weighted by molar-refractivity contribution is 0.0953. The SMILES string of the molecule is Cc1cc(C)nc(NNC(=O)c2cc(-c3cccc(Cl)c3)on2)n1. The van der Waals surface area contributed by atoms with Crippen LogP contribution in [-0.4, -0.2) is 21.0 Å². The van der Waals surface area contributed by atoms with Gasteiger partial charge >= 0.3 is 0 Å². The molecule has 2 aromatic heterocycles. The number of nitrogens with one attached hydrogen (secondary N) is 2. The second-order valence-corrected chi connectivity index (χ2v) is 5.58. The van der Waals surface area contributed by atoms with Crippen LogP contribution in [0.2, 0.25) is 5.02 Å². The summed E-state index contributed by atoms with van der Waals surface area (Å²) in [5.74, 6) is 0.291. The Kier molecular flexibility index (Phi) is 4.43. The molecule has 0 aliphatic heterocycles. The van der Waals surface area contributed by atoms with E-state index < -0.39 is 5.91 Å². The highest BCUT2D eigenvalue weighted by Crippen LogP contribution is 2.23. The number of nitrogens with zero attached hydrogens (tertiary/aromatic N) is 3. The Bertz CT molecular complexity index is 873. The van der Waals surface area contributed by atoms with Crippen molar-refractivity contribution in [2.24, 2.45) is 0 Å². The maximum Gasteiger partial charge on any atom is 0.291 e. The van der Waals surface area contributed by atoms with Crippen LogP contribution in [0.1, 0.15) is 21.9 Å². The predicted molar refractivity (Wildman–Crippen MR) is 89.5 cm³/mol. The number of amides is 1. The van der Waals surface area contributed by atoms with E-state index in [0.717, 1.165) is 17.0 Å². The monoisotopic (exact) mass is 343 g/mol. The number of carbonyl (C=O) groups excluding carboxylic acids is 1. The molecule has 122 valence electrons. The summed E-state index contributed by atoms with van der Waals surface area (Å²) in [5, 5.41) is 4.33. The van der Waals surface area contributed by atoms with Crippen LogP contribution in [0.4, 0.5) is 5.95 Å². The van der Waals surface area contributed by atoms with Crippen molar-refractivity contribution in [2.45, 2.75) is 13.8 Å². The molecule has 0 unspecified atom stereocenters. The van der Waals surface area contributed by atoms with Gasteiger partial charge in [-0.3, -0.25) is 15.6 Å². The van der Waals surface area contributed by atoms with Gasteiger partial charge in [0.15, 0.2) is 11.5 Å². The zero-order valence-electron chi connectivity index (χ0n) is 13.0. The smallest absolute Gasteiger partial charge is 0.291 e. The van der Waals surface area contributed by atoms with Crippen molar-refractivity contribution >= 4 is 23.5 Å². The normalized spacial score (nSPS) is 10.5. The lowest BCUT2D eigenvalue weighted by atomic mass is 10.1. The zero-order valence-corrected chi connectivity index (χ0v) is 13.8. The van der Waals surface area contributed by atoms with Gasteiger partial charge in [-0.25, -0.2) is 9.97 Å². The molecule has 3 rings (SSSR count). The van der Waals surface area contributed by atoms with E-state index in [-0.39, 0.29) is 5.69 Å². The van der Waals surface area contributed by atoms with Crippen molar-refractivity contribution in [3.05, 3.63) is 58.5 Å². The molecule has 0 fully saturated rings. The summed E-state index contributed by atoms with van der Waals surface area (Å²) in [4.78, 5) is 20.5. The first-order valence-corrected chi connectivity index (χ1v) is 7.50. The van der Waals surface area contributed by atoms with E-state index in [1.165, 1.54) is 6.07 Å². The van der Waals surface area contributed by atoms with Gasteiger partial charge in [-0.05, 0) is 32.0 Å². The molecular weight excluding hydrogens is 330 g/mol. The van der Waals surface area contributed by atoms with Crippen molar-refractivity contribution in [2.75, 3.05) is 5.43 Å². The molecule has 2 heterocycles. The molecule has 0 spiro atoms. The molecule has 0 atom stereocenters. The van der Waals surface area contributed by atoms with E-state index >= 15 is 0 Å². The Labute approximate surface area is 143 Å². The highest BCUT2D eigenvalue weighted by Gasteiger charge is 2.14. The topological polar surface area (TPSA) is 92.9 Å². The molecule has 1 amide bonds. The molecule has 1 aromatic carbocycles. The lowest BCUT2D eigenvalue weighted by Crippen LogP contribution is -2.30. The number of rotatable bonds is 4. The van der Waals surface area contributed by atoms with Crippen molar-refractivity contribution < 1.29 is 9.32 Å². The molecule has 0 aliphatic rings. The van der Waals surface area contributed by atoms with E-state index in [2.05, 4.69) is 26.0 Å². The molecular formula is C16H14ClN5O2. The fraction of sp³-hybridized carbons (Fsp3) is 0.125. The number of benzene rings is 1. The third-order valence-corrected chi connectivity index (χ3v) is 3.36. The first-order valence-electron chi connectivity index (χ1n) is 7.12. The Morgan fingerprint density at radius 3 is 2.58 bits per heavy atom. The Morgan fingerprint density at radius 2 is 1.88 bits per heavy atom. The Balaban J connectivity index is 1.70. The maximum absolute atomic E-state index is 12.1. The summed E-state index contributed by atoms with van der Waals surface area (Å²) in [6.07, 6.45) is 0. The summed E-state index contributed by atoms with van der Waals surface area (Å²) in [6, 6.07) is 10.5. The third kappa shape index (κ3) is 3.69. The van der Waals surface area contributed by atoms with Gasteiger partial charge in [0.05, 0.1) is 0 Å². The molecule has 24 heavy (non-hydrogen) atoms. The second-order valence-electron chi connectivity index (χ2n) is 5.14. The van der Waals surface area contributed by atoms with Crippen molar-refractivity contribution in [1.29, 1.82) is 0 Å². The van der Waals surface area contributed by atoms with Gasteiger partial charge in [-0.1, -0.05) is 28.9 Å². The second kappa shape index (κ2) is 6.67. The van der Waals surface area contributed by atoms with E-state index in [9.17, 15) is 4.79 Å². The number of anilines is 1. The molecule has 0 radical (unpaired) electrons. The fourth-order valence-electron chi connectivity index (χ4n) is 2.12. The van der Waals surface area contributed by atoms with E-state index in [4.69, 9.17) is 16.1 Å². The average Bonchev–Trinajstić information content (AvgIpc) is 3.02.